The summed E-state index contributed by atoms with van der Waals surface area (Å²) in [5.74, 6) is 0. The van der Waals surface area contributed by atoms with E-state index in [1.807, 2.05) is 30.1 Å². The number of thioether (sulfide) groups is 1. The predicted octanol–water partition coefficient (Wildman–Crippen LogP) is 2.77. The van der Waals surface area contributed by atoms with Crippen LogP contribution < -0.4 is 5.32 Å². The molecular formula is C11H15N3S. The molecule has 0 aromatic carbocycles. The van der Waals surface area contributed by atoms with Crippen molar-refractivity contribution in [2.45, 2.75) is 25.0 Å². The van der Waals surface area contributed by atoms with Gasteiger partial charge in [0.25, 0.3) is 0 Å². The zero-order valence-corrected chi connectivity index (χ0v) is 9.63. The van der Waals surface area contributed by atoms with E-state index in [1.54, 1.807) is 6.20 Å². The van der Waals surface area contributed by atoms with E-state index < -0.39 is 0 Å². The van der Waals surface area contributed by atoms with E-state index >= 15 is 0 Å². The number of aromatic nitrogens is 1. The minimum Gasteiger partial charge on any atom is -0.334 e. The molecule has 0 amide bonds. The van der Waals surface area contributed by atoms with Gasteiger partial charge >= 0.3 is 0 Å². The van der Waals surface area contributed by atoms with Crippen LogP contribution in [-0.4, -0.2) is 21.9 Å². The van der Waals surface area contributed by atoms with Gasteiger partial charge in [-0.1, -0.05) is 25.1 Å². The van der Waals surface area contributed by atoms with E-state index in [4.69, 9.17) is 0 Å². The number of nitrogens with one attached hydrogen (secondary N) is 1. The Bertz CT molecular complexity index is 337. The second-order valence-corrected chi connectivity index (χ2v) is 4.83. The number of rotatable bonds is 3. The Morgan fingerprint density at radius 3 is 3.27 bits per heavy atom. The van der Waals surface area contributed by atoms with Crippen molar-refractivity contribution in [3.05, 3.63) is 24.5 Å². The van der Waals surface area contributed by atoms with E-state index in [0.717, 1.165) is 17.4 Å². The largest absolute Gasteiger partial charge is 0.334 e. The van der Waals surface area contributed by atoms with Crippen molar-refractivity contribution in [1.82, 2.24) is 4.98 Å². The molecule has 1 aliphatic heterocycles. The third kappa shape index (κ3) is 2.96. The van der Waals surface area contributed by atoms with Crippen LogP contribution in [0.5, 0.6) is 0 Å². The first-order valence-electron chi connectivity index (χ1n) is 5.26. The molecule has 1 N–H and O–H groups in total. The molecule has 2 heterocycles. The Labute approximate surface area is 94.4 Å². The van der Waals surface area contributed by atoms with Gasteiger partial charge in [-0.2, -0.15) is 0 Å². The summed E-state index contributed by atoms with van der Waals surface area (Å²) >= 11 is 1.84. The highest BCUT2D eigenvalue weighted by atomic mass is 32.2. The maximum Gasteiger partial charge on any atom is 0.161 e. The lowest BCUT2D eigenvalue weighted by molar-refractivity contribution is 0.754. The minimum absolute atomic E-state index is 0.661. The number of nitrogens with zero attached hydrogens (tertiary/aromatic N) is 2. The summed E-state index contributed by atoms with van der Waals surface area (Å²) in [6.07, 6.45) is 6.06. The first kappa shape index (κ1) is 10.5. The monoisotopic (exact) mass is 221 g/mol. The van der Waals surface area contributed by atoms with Crippen molar-refractivity contribution in [3.8, 4) is 0 Å². The average Bonchev–Trinajstić information content (AvgIpc) is 2.68. The molecule has 2 rings (SSSR count). The molecule has 0 fully saturated rings. The van der Waals surface area contributed by atoms with Crippen LogP contribution in [-0.2, 0) is 0 Å². The number of hydrogen-bond donors (Lipinski definition) is 1. The fourth-order valence-electron chi connectivity index (χ4n) is 1.52. The average molecular weight is 221 g/mol. The third-order valence-corrected chi connectivity index (χ3v) is 3.41. The van der Waals surface area contributed by atoms with Gasteiger partial charge in [-0.3, -0.25) is 9.98 Å². The molecule has 0 aliphatic carbocycles. The van der Waals surface area contributed by atoms with E-state index in [9.17, 15) is 0 Å². The van der Waals surface area contributed by atoms with Crippen LogP contribution in [0.2, 0.25) is 0 Å². The summed E-state index contributed by atoms with van der Waals surface area (Å²) in [5.41, 5.74) is 1.01. The Morgan fingerprint density at radius 2 is 2.53 bits per heavy atom. The summed E-state index contributed by atoms with van der Waals surface area (Å²) in [6.45, 7) is 3.16. The molecule has 15 heavy (non-hydrogen) atoms. The van der Waals surface area contributed by atoms with E-state index in [2.05, 4.69) is 22.2 Å². The van der Waals surface area contributed by atoms with Gasteiger partial charge in [0.05, 0.1) is 18.4 Å². The quantitative estimate of drug-likeness (QED) is 0.852. The van der Waals surface area contributed by atoms with E-state index in [0.29, 0.717) is 5.25 Å². The molecule has 1 atom stereocenters. The van der Waals surface area contributed by atoms with Crippen LogP contribution in [0.1, 0.15) is 19.8 Å². The SMILES string of the molecule is CCCC1CN=C(Nc2cccnc2)S1. The molecular weight excluding hydrogens is 206 g/mol. The highest BCUT2D eigenvalue weighted by Crippen LogP contribution is 2.25. The van der Waals surface area contributed by atoms with Crippen molar-refractivity contribution in [2.75, 3.05) is 11.9 Å². The molecule has 4 heteroatoms. The van der Waals surface area contributed by atoms with Gasteiger partial charge in [0.2, 0.25) is 0 Å². The Kier molecular flexibility index (Phi) is 3.61. The number of hydrogen-bond acceptors (Lipinski definition) is 4. The molecule has 0 bridgehead atoms. The summed E-state index contributed by atoms with van der Waals surface area (Å²) in [4.78, 5) is 8.53. The van der Waals surface area contributed by atoms with Gasteiger partial charge in [-0.25, -0.2) is 0 Å². The van der Waals surface area contributed by atoms with E-state index in [1.165, 1.54) is 12.8 Å². The summed E-state index contributed by atoms with van der Waals surface area (Å²) in [7, 11) is 0. The normalized spacial score (nSPS) is 20.1. The van der Waals surface area contributed by atoms with Crippen LogP contribution in [0.3, 0.4) is 0 Å². The second kappa shape index (κ2) is 5.16. The lowest BCUT2D eigenvalue weighted by atomic mass is 10.2. The van der Waals surface area contributed by atoms with Gasteiger partial charge in [0.15, 0.2) is 5.17 Å². The maximum atomic E-state index is 4.47. The van der Waals surface area contributed by atoms with E-state index in [-0.39, 0.29) is 0 Å². The molecule has 0 radical (unpaired) electrons. The smallest absolute Gasteiger partial charge is 0.161 e. The number of amidine groups is 1. The lowest BCUT2D eigenvalue weighted by Gasteiger charge is -2.07. The molecule has 1 unspecified atom stereocenters. The van der Waals surface area contributed by atoms with Crippen molar-refractivity contribution < 1.29 is 0 Å². The number of anilines is 1. The molecule has 0 saturated carbocycles. The number of aliphatic imine (C=N–C) groups is 1. The van der Waals surface area contributed by atoms with Gasteiger partial charge in [-0.05, 0) is 18.6 Å². The fourth-order valence-corrected chi connectivity index (χ4v) is 2.66. The summed E-state index contributed by atoms with van der Waals surface area (Å²) < 4.78 is 0. The topological polar surface area (TPSA) is 37.3 Å². The van der Waals surface area contributed by atoms with Crippen molar-refractivity contribution >= 4 is 22.6 Å². The predicted molar refractivity (Wildman–Crippen MR) is 66.4 cm³/mol. The molecule has 80 valence electrons. The zero-order chi connectivity index (χ0) is 10.5. The molecule has 1 aromatic heterocycles. The molecule has 1 aliphatic rings. The minimum atomic E-state index is 0.661. The molecule has 0 spiro atoms. The maximum absolute atomic E-state index is 4.47. The Hall–Kier alpha value is -1.03. The standard InChI is InChI=1S/C11H15N3S/c1-2-4-10-8-13-11(15-10)14-9-5-3-6-12-7-9/h3,5-7,10H,2,4,8H2,1H3,(H,13,14). The van der Waals surface area contributed by atoms with Crippen LogP contribution in [0.25, 0.3) is 0 Å². The van der Waals surface area contributed by atoms with Gasteiger partial charge < -0.3 is 5.32 Å². The lowest BCUT2D eigenvalue weighted by Crippen LogP contribution is -2.07. The second-order valence-electron chi connectivity index (χ2n) is 3.54. The van der Waals surface area contributed by atoms with Gasteiger partial charge in [0.1, 0.15) is 0 Å². The first-order valence-corrected chi connectivity index (χ1v) is 6.14. The van der Waals surface area contributed by atoms with Crippen LogP contribution in [0, 0.1) is 0 Å². The summed E-state index contributed by atoms with van der Waals surface area (Å²) in [5, 5.41) is 4.97. The fraction of sp³-hybridized carbons (Fsp3) is 0.455. The Balaban J connectivity index is 1.87. The molecule has 0 saturated heterocycles. The number of pyridine rings is 1. The highest BCUT2D eigenvalue weighted by molar-refractivity contribution is 8.15. The van der Waals surface area contributed by atoms with Crippen LogP contribution in [0.15, 0.2) is 29.5 Å². The van der Waals surface area contributed by atoms with Gasteiger partial charge in [0, 0.05) is 11.4 Å². The zero-order valence-electron chi connectivity index (χ0n) is 8.81. The summed E-state index contributed by atoms with van der Waals surface area (Å²) in [6, 6.07) is 3.93. The van der Waals surface area contributed by atoms with Crippen molar-refractivity contribution in [3.63, 3.8) is 0 Å². The van der Waals surface area contributed by atoms with Crippen LogP contribution in [0.4, 0.5) is 5.69 Å². The highest BCUT2D eigenvalue weighted by Gasteiger charge is 2.18. The Morgan fingerprint density at radius 1 is 1.60 bits per heavy atom. The van der Waals surface area contributed by atoms with Crippen molar-refractivity contribution in [1.29, 1.82) is 0 Å². The first-order chi connectivity index (χ1) is 7.38. The molecule has 3 nitrogen and oxygen atoms in total. The molecule has 1 aromatic rings. The van der Waals surface area contributed by atoms with Crippen molar-refractivity contribution in [2.24, 2.45) is 4.99 Å². The van der Waals surface area contributed by atoms with Gasteiger partial charge in [-0.15, -0.1) is 0 Å². The van der Waals surface area contributed by atoms with Crippen LogP contribution >= 0.6 is 11.8 Å². The third-order valence-electron chi connectivity index (χ3n) is 2.24.